The van der Waals surface area contributed by atoms with Gasteiger partial charge in [-0.25, -0.2) is 0 Å². The Bertz CT molecular complexity index is 972. The zero-order valence-electron chi connectivity index (χ0n) is 18.6. The number of nitrogens with one attached hydrogen (secondary N) is 2. The van der Waals surface area contributed by atoms with E-state index in [2.05, 4.69) is 10.6 Å². The molecule has 0 radical (unpaired) electrons. The lowest BCUT2D eigenvalue weighted by Crippen LogP contribution is -2.54. The highest BCUT2D eigenvalue weighted by Crippen LogP contribution is 2.29. The Labute approximate surface area is 199 Å². The molecule has 0 spiro atoms. The number of thiophene rings is 1. The third kappa shape index (κ3) is 6.57. The molecule has 1 aliphatic rings. The van der Waals surface area contributed by atoms with Crippen LogP contribution >= 0.6 is 11.3 Å². The van der Waals surface area contributed by atoms with E-state index in [1.54, 1.807) is 22.4 Å². The average molecular weight is 498 g/mol. The third-order valence-corrected chi connectivity index (χ3v) is 6.55. The highest BCUT2D eigenvalue weighted by molar-refractivity contribution is 7.12. The van der Waals surface area contributed by atoms with Gasteiger partial charge >= 0.3 is 6.18 Å². The fourth-order valence-corrected chi connectivity index (χ4v) is 4.45. The highest BCUT2D eigenvalue weighted by Gasteiger charge is 2.35. The minimum Gasteiger partial charge on any atom is -0.383 e. The lowest BCUT2D eigenvalue weighted by molar-refractivity contribution is -0.137. The van der Waals surface area contributed by atoms with Crippen molar-refractivity contribution in [1.82, 2.24) is 15.5 Å². The SMILES string of the molecule is COCCNC(=O)C(NC(=O)c1cccs1)C1CCN(C(=O)c2ccc(C(F)(F)F)cc2)CC1. The first-order valence-corrected chi connectivity index (χ1v) is 11.7. The van der Waals surface area contributed by atoms with E-state index in [9.17, 15) is 27.6 Å². The third-order valence-electron chi connectivity index (χ3n) is 5.68. The molecule has 7 nitrogen and oxygen atoms in total. The first kappa shape index (κ1) is 25.7. The second-order valence-corrected chi connectivity index (χ2v) is 8.86. The largest absolute Gasteiger partial charge is 0.416 e. The summed E-state index contributed by atoms with van der Waals surface area (Å²) in [5.41, 5.74) is -0.641. The van der Waals surface area contributed by atoms with Gasteiger partial charge in [-0.1, -0.05) is 6.07 Å². The van der Waals surface area contributed by atoms with Crippen LogP contribution in [0.3, 0.4) is 0 Å². The van der Waals surface area contributed by atoms with E-state index >= 15 is 0 Å². The molecule has 1 aromatic heterocycles. The van der Waals surface area contributed by atoms with Crippen LogP contribution in [0.5, 0.6) is 0 Å². The van der Waals surface area contributed by atoms with Crippen molar-refractivity contribution >= 4 is 29.1 Å². The summed E-state index contributed by atoms with van der Waals surface area (Å²) in [4.78, 5) is 40.2. The van der Waals surface area contributed by atoms with Crippen LogP contribution in [0, 0.1) is 5.92 Å². The van der Waals surface area contributed by atoms with Crippen LogP contribution < -0.4 is 10.6 Å². The van der Waals surface area contributed by atoms with E-state index in [4.69, 9.17) is 4.74 Å². The van der Waals surface area contributed by atoms with E-state index in [0.717, 1.165) is 12.1 Å². The second-order valence-electron chi connectivity index (χ2n) is 7.92. The fraction of sp³-hybridized carbons (Fsp3) is 0.435. The van der Waals surface area contributed by atoms with Gasteiger partial charge in [-0.3, -0.25) is 14.4 Å². The summed E-state index contributed by atoms with van der Waals surface area (Å²) in [5, 5.41) is 7.35. The Kier molecular flexibility index (Phi) is 8.67. The first-order chi connectivity index (χ1) is 16.2. The summed E-state index contributed by atoms with van der Waals surface area (Å²) in [7, 11) is 1.52. The van der Waals surface area contributed by atoms with Gasteiger partial charge in [0.25, 0.3) is 11.8 Å². The van der Waals surface area contributed by atoms with Gasteiger partial charge in [-0.2, -0.15) is 13.2 Å². The maximum atomic E-state index is 12.8. The summed E-state index contributed by atoms with van der Waals surface area (Å²) in [5.74, 6) is -1.24. The van der Waals surface area contributed by atoms with E-state index < -0.39 is 17.8 Å². The topological polar surface area (TPSA) is 87.7 Å². The van der Waals surface area contributed by atoms with Crippen molar-refractivity contribution in [3.05, 3.63) is 57.8 Å². The Morgan fingerprint density at radius 2 is 1.82 bits per heavy atom. The van der Waals surface area contributed by atoms with Gasteiger partial charge in [-0.05, 0) is 54.5 Å². The average Bonchev–Trinajstić information content (AvgIpc) is 3.37. The number of amides is 3. The van der Waals surface area contributed by atoms with Crippen molar-refractivity contribution in [2.45, 2.75) is 25.1 Å². The summed E-state index contributed by atoms with van der Waals surface area (Å²) in [6, 6.07) is 6.76. The maximum absolute atomic E-state index is 12.8. The second kappa shape index (κ2) is 11.5. The number of benzene rings is 1. The van der Waals surface area contributed by atoms with Crippen LogP contribution in [0.15, 0.2) is 41.8 Å². The monoisotopic (exact) mass is 497 g/mol. The van der Waals surface area contributed by atoms with Gasteiger partial charge in [0.2, 0.25) is 5.91 Å². The van der Waals surface area contributed by atoms with Gasteiger partial charge in [-0.15, -0.1) is 11.3 Å². The summed E-state index contributed by atoms with van der Waals surface area (Å²) in [6.07, 6.45) is -3.55. The number of piperidine rings is 1. The number of hydrogen-bond donors (Lipinski definition) is 2. The van der Waals surface area contributed by atoms with Crippen LogP contribution in [0.1, 0.15) is 38.4 Å². The van der Waals surface area contributed by atoms with E-state index in [0.29, 0.717) is 44.0 Å². The van der Waals surface area contributed by atoms with Crippen molar-refractivity contribution < 1.29 is 32.3 Å². The molecule has 1 saturated heterocycles. The van der Waals surface area contributed by atoms with Gasteiger partial charge in [0.1, 0.15) is 6.04 Å². The van der Waals surface area contributed by atoms with Gasteiger partial charge in [0, 0.05) is 32.3 Å². The van der Waals surface area contributed by atoms with Gasteiger partial charge < -0.3 is 20.3 Å². The minimum atomic E-state index is -4.47. The molecule has 1 atom stereocenters. The predicted octanol–water partition coefficient (Wildman–Crippen LogP) is 3.18. The summed E-state index contributed by atoms with van der Waals surface area (Å²) < 4.78 is 43.3. The molecular formula is C23H26F3N3O4S. The number of rotatable bonds is 8. The molecule has 1 aromatic carbocycles. The Balaban J connectivity index is 1.64. The predicted molar refractivity (Wildman–Crippen MR) is 121 cm³/mol. The van der Waals surface area contributed by atoms with Crippen LogP contribution in [-0.4, -0.2) is 62.0 Å². The number of likely N-dealkylation sites (tertiary alicyclic amines) is 1. The Morgan fingerprint density at radius 1 is 1.15 bits per heavy atom. The number of halogens is 3. The van der Waals surface area contributed by atoms with E-state index in [1.165, 1.54) is 30.6 Å². The standard InChI is InChI=1S/C23H26F3N3O4S/c1-33-13-10-27-21(31)19(28-20(30)18-3-2-14-34-18)15-8-11-29(12-9-15)22(32)16-4-6-17(7-5-16)23(24,25)26/h2-7,14-15,19H,8-13H2,1H3,(H,27,31)(H,28,30). The van der Waals surface area contributed by atoms with Crippen LogP contribution in [0.2, 0.25) is 0 Å². The molecule has 3 amide bonds. The van der Waals surface area contributed by atoms with Crippen molar-refractivity contribution in [3.8, 4) is 0 Å². The molecule has 1 unspecified atom stereocenters. The number of methoxy groups -OCH3 is 1. The molecule has 2 aromatic rings. The number of alkyl halides is 3. The van der Waals surface area contributed by atoms with Crippen molar-refractivity contribution in [3.63, 3.8) is 0 Å². The molecule has 0 saturated carbocycles. The zero-order chi connectivity index (χ0) is 24.7. The number of hydrogen-bond acceptors (Lipinski definition) is 5. The molecule has 2 heterocycles. The quantitative estimate of drug-likeness (QED) is 0.549. The van der Waals surface area contributed by atoms with Gasteiger partial charge in [0.05, 0.1) is 17.0 Å². The van der Waals surface area contributed by atoms with Crippen LogP contribution in [0.25, 0.3) is 0 Å². The van der Waals surface area contributed by atoms with Crippen LogP contribution in [-0.2, 0) is 15.7 Å². The molecule has 34 heavy (non-hydrogen) atoms. The number of ether oxygens (including phenoxy) is 1. The summed E-state index contributed by atoms with van der Waals surface area (Å²) in [6.45, 7) is 1.27. The molecule has 3 rings (SSSR count). The van der Waals surface area contributed by atoms with Crippen molar-refractivity contribution in [2.24, 2.45) is 5.92 Å². The minimum absolute atomic E-state index is 0.173. The van der Waals surface area contributed by atoms with E-state index in [-0.39, 0.29) is 29.2 Å². The molecular weight excluding hydrogens is 471 g/mol. The fourth-order valence-electron chi connectivity index (χ4n) is 3.82. The highest BCUT2D eigenvalue weighted by atomic mass is 32.1. The van der Waals surface area contributed by atoms with Gasteiger partial charge in [0.15, 0.2) is 0 Å². The lowest BCUT2D eigenvalue weighted by Gasteiger charge is -2.35. The molecule has 184 valence electrons. The summed E-state index contributed by atoms with van der Waals surface area (Å²) >= 11 is 1.27. The molecule has 2 N–H and O–H groups in total. The van der Waals surface area contributed by atoms with Crippen LogP contribution in [0.4, 0.5) is 13.2 Å². The normalized spacial score (nSPS) is 15.6. The Morgan fingerprint density at radius 3 is 2.38 bits per heavy atom. The molecule has 1 aliphatic heterocycles. The molecule has 0 aliphatic carbocycles. The smallest absolute Gasteiger partial charge is 0.383 e. The van der Waals surface area contributed by atoms with Crippen molar-refractivity contribution in [2.75, 3.05) is 33.4 Å². The molecule has 1 fully saturated rings. The number of carbonyl (C=O) groups excluding carboxylic acids is 3. The Hall–Kier alpha value is -2.92. The molecule has 0 bridgehead atoms. The zero-order valence-corrected chi connectivity index (χ0v) is 19.4. The number of nitrogens with zero attached hydrogens (tertiary/aromatic N) is 1. The van der Waals surface area contributed by atoms with E-state index in [1.807, 2.05) is 0 Å². The maximum Gasteiger partial charge on any atom is 0.416 e. The lowest BCUT2D eigenvalue weighted by atomic mass is 9.88. The molecule has 11 heteroatoms. The first-order valence-electron chi connectivity index (χ1n) is 10.8. The van der Waals surface area contributed by atoms with Crippen molar-refractivity contribution in [1.29, 1.82) is 0 Å². The number of carbonyl (C=O) groups is 3.